The molecule has 1 aromatic carbocycles. The van der Waals surface area contributed by atoms with E-state index < -0.39 is 20.6 Å². The number of rotatable bonds is 7. The third-order valence-electron chi connectivity index (χ3n) is 4.72. The van der Waals surface area contributed by atoms with E-state index in [1.54, 1.807) is 0 Å². The Morgan fingerprint density at radius 3 is 1.83 bits per heavy atom. The van der Waals surface area contributed by atoms with Gasteiger partial charge in [0.15, 0.2) is 0 Å². The molecule has 0 N–H and O–H groups in total. The Morgan fingerprint density at radius 1 is 0.967 bits per heavy atom. The Hall–Kier alpha value is -0.860. The van der Waals surface area contributed by atoms with Gasteiger partial charge in [-0.2, -0.15) is 13.4 Å². The standard InChI is InChI=1S/C20H31N2O4P3S/c1-11(2)14-9-15(12(3)4)18(16(10-14)13(5)6)30(24,25)26-17-7-8-22(19(23)21-17)20(27,28)29/h7-13H,27-29H2,1-6H3. The Morgan fingerprint density at radius 2 is 1.47 bits per heavy atom. The van der Waals surface area contributed by atoms with Gasteiger partial charge in [0.1, 0.15) is 4.90 Å². The molecule has 0 aliphatic heterocycles. The Labute approximate surface area is 186 Å². The first-order chi connectivity index (χ1) is 13.6. The highest BCUT2D eigenvalue weighted by Gasteiger charge is 2.29. The fourth-order valence-electron chi connectivity index (χ4n) is 3.06. The van der Waals surface area contributed by atoms with Crippen molar-refractivity contribution >= 4 is 37.8 Å². The second-order valence-corrected chi connectivity index (χ2v) is 14.6. The third kappa shape index (κ3) is 5.68. The fraction of sp³-hybridized carbons (Fsp3) is 0.500. The van der Waals surface area contributed by atoms with Crippen LogP contribution in [0.1, 0.15) is 76.0 Å². The van der Waals surface area contributed by atoms with Gasteiger partial charge >= 0.3 is 15.8 Å². The number of nitrogens with zero attached hydrogens (tertiary/aromatic N) is 2. The first kappa shape index (κ1) is 25.4. The van der Waals surface area contributed by atoms with Crippen LogP contribution in [0, 0.1) is 0 Å². The maximum Gasteiger partial charge on any atom is 0.352 e. The highest BCUT2D eigenvalue weighted by molar-refractivity contribution is 7.87. The van der Waals surface area contributed by atoms with Gasteiger partial charge < -0.3 is 4.18 Å². The average Bonchev–Trinajstić information content (AvgIpc) is 2.58. The monoisotopic (exact) mass is 488 g/mol. The zero-order valence-electron chi connectivity index (χ0n) is 18.2. The van der Waals surface area contributed by atoms with E-state index in [1.165, 1.54) is 16.8 Å². The molecule has 0 spiro atoms. The molecular weight excluding hydrogens is 457 g/mol. The van der Waals surface area contributed by atoms with Gasteiger partial charge in [0, 0.05) is 12.3 Å². The highest BCUT2D eigenvalue weighted by atomic mass is 32.2. The number of aromatic nitrogens is 2. The van der Waals surface area contributed by atoms with Crippen molar-refractivity contribution in [3.8, 4) is 5.88 Å². The summed E-state index contributed by atoms with van der Waals surface area (Å²) in [7, 11) is 3.22. The van der Waals surface area contributed by atoms with Crippen molar-refractivity contribution < 1.29 is 12.6 Å². The highest BCUT2D eigenvalue weighted by Crippen LogP contribution is 2.39. The quantitative estimate of drug-likeness (QED) is 0.421. The van der Waals surface area contributed by atoms with Gasteiger partial charge in [-0.15, -0.1) is 27.7 Å². The molecule has 0 aliphatic carbocycles. The first-order valence-corrected chi connectivity index (χ1v) is 12.9. The predicted molar refractivity (Wildman–Crippen MR) is 132 cm³/mol. The largest absolute Gasteiger partial charge is 0.358 e. The van der Waals surface area contributed by atoms with Crippen molar-refractivity contribution in [2.45, 2.75) is 69.0 Å². The van der Waals surface area contributed by atoms with Crippen LogP contribution in [0.2, 0.25) is 0 Å². The molecule has 3 atom stereocenters. The molecule has 1 heterocycles. The smallest absolute Gasteiger partial charge is 0.352 e. The normalized spacial score (nSPS) is 12.8. The molecule has 0 aliphatic rings. The molecule has 30 heavy (non-hydrogen) atoms. The Bertz CT molecular complexity index is 1060. The molecule has 6 nitrogen and oxygen atoms in total. The number of hydrogen-bond donors (Lipinski definition) is 0. The average molecular weight is 488 g/mol. The van der Waals surface area contributed by atoms with Crippen LogP contribution < -0.4 is 9.87 Å². The summed E-state index contributed by atoms with van der Waals surface area (Å²) in [4.78, 5) is 16.3. The molecule has 0 radical (unpaired) electrons. The van der Waals surface area contributed by atoms with Gasteiger partial charge in [0.05, 0.1) is 4.76 Å². The second kappa shape index (κ2) is 9.33. The lowest BCUT2D eigenvalue weighted by molar-refractivity contribution is 0.468. The number of benzene rings is 1. The molecule has 10 heteroatoms. The van der Waals surface area contributed by atoms with Gasteiger partial charge in [-0.05, 0) is 34.4 Å². The van der Waals surface area contributed by atoms with Gasteiger partial charge in [0.2, 0.25) is 5.88 Å². The predicted octanol–water partition coefficient (Wildman–Crippen LogP) is 4.57. The number of hydrogen-bond acceptors (Lipinski definition) is 5. The van der Waals surface area contributed by atoms with Crippen molar-refractivity contribution in [3.05, 3.63) is 51.6 Å². The molecule has 3 unspecified atom stereocenters. The van der Waals surface area contributed by atoms with E-state index in [0.717, 1.165) is 5.56 Å². The van der Waals surface area contributed by atoms with Crippen molar-refractivity contribution in [1.82, 2.24) is 9.55 Å². The van der Waals surface area contributed by atoms with Crippen molar-refractivity contribution in [2.24, 2.45) is 0 Å². The summed E-state index contributed by atoms with van der Waals surface area (Å²) in [6, 6.07) is 5.25. The molecule has 2 rings (SSSR count). The van der Waals surface area contributed by atoms with E-state index in [4.69, 9.17) is 4.18 Å². The molecule has 0 bridgehead atoms. The summed E-state index contributed by atoms with van der Waals surface area (Å²) < 4.78 is 32.6. The molecule has 0 saturated carbocycles. The van der Waals surface area contributed by atoms with Gasteiger partial charge in [-0.3, -0.25) is 4.57 Å². The molecule has 166 valence electrons. The summed E-state index contributed by atoms with van der Waals surface area (Å²) in [5.41, 5.74) is 1.88. The van der Waals surface area contributed by atoms with Gasteiger partial charge in [0.25, 0.3) is 0 Å². The van der Waals surface area contributed by atoms with Crippen LogP contribution in [0.15, 0.2) is 34.1 Å². The summed E-state index contributed by atoms with van der Waals surface area (Å²) in [6.07, 6.45) is 1.45. The lowest BCUT2D eigenvalue weighted by Gasteiger charge is -2.23. The maximum absolute atomic E-state index is 13.3. The summed E-state index contributed by atoms with van der Waals surface area (Å²) >= 11 is 0. The summed E-state index contributed by atoms with van der Waals surface area (Å²) in [5, 5.41) is 0. The van der Waals surface area contributed by atoms with Crippen LogP contribution in [-0.4, -0.2) is 18.0 Å². The minimum Gasteiger partial charge on any atom is -0.358 e. The van der Waals surface area contributed by atoms with Crippen LogP contribution in [0.3, 0.4) is 0 Å². The topological polar surface area (TPSA) is 78.3 Å². The molecule has 1 aromatic heterocycles. The van der Waals surface area contributed by atoms with Crippen LogP contribution in [0.25, 0.3) is 0 Å². The van der Waals surface area contributed by atoms with Crippen LogP contribution in [-0.2, 0) is 14.9 Å². The molecular formula is C20H31N2O4P3S. The Balaban J connectivity index is 2.65. The van der Waals surface area contributed by atoms with E-state index in [9.17, 15) is 13.2 Å². The second-order valence-electron chi connectivity index (χ2n) is 8.34. The van der Waals surface area contributed by atoms with Gasteiger partial charge in [-0.25, -0.2) is 4.79 Å². The first-order valence-electron chi connectivity index (χ1n) is 9.74. The van der Waals surface area contributed by atoms with Crippen LogP contribution in [0.4, 0.5) is 0 Å². The molecule has 2 aromatic rings. The van der Waals surface area contributed by atoms with E-state index in [2.05, 4.69) is 46.6 Å². The lowest BCUT2D eigenvalue weighted by Crippen LogP contribution is -2.29. The van der Waals surface area contributed by atoms with Crippen molar-refractivity contribution in [3.63, 3.8) is 0 Å². The van der Waals surface area contributed by atoms with Crippen LogP contribution >= 0.6 is 27.7 Å². The maximum atomic E-state index is 13.3. The van der Waals surface area contributed by atoms with E-state index in [0.29, 0.717) is 11.1 Å². The Kier molecular flexibility index (Phi) is 7.90. The van der Waals surface area contributed by atoms with E-state index in [-0.39, 0.29) is 28.5 Å². The minimum absolute atomic E-state index is 0.0255. The van der Waals surface area contributed by atoms with E-state index in [1.807, 2.05) is 39.8 Å². The lowest BCUT2D eigenvalue weighted by atomic mass is 9.89. The van der Waals surface area contributed by atoms with Gasteiger partial charge in [-0.1, -0.05) is 53.7 Å². The minimum atomic E-state index is -4.20. The fourth-order valence-corrected chi connectivity index (χ4v) is 5.22. The zero-order valence-corrected chi connectivity index (χ0v) is 22.5. The SMILES string of the molecule is CC(C)c1cc(C(C)C)c(S(=O)(=O)Oc2ccn(C(P)(P)P)c(=O)n2)c(C(C)C)c1. The molecule has 0 fully saturated rings. The molecule has 0 amide bonds. The molecule has 0 saturated heterocycles. The van der Waals surface area contributed by atoms with Crippen molar-refractivity contribution in [2.75, 3.05) is 0 Å². The summed E-state index contributed by atoms with van der Waals surface area (Å²) in [6.45, 7) is 12.0. The third-order valence-corrected chi connectivity index (χ3v) is 6.92. The van der Waals surface area contributed by atoms with Crippen molar-refractivity contribution in [1.29, 1.82) is 0 Å². The van der Waals surface area contributed by atoms with E-state index >= 15 is 0 Å². The van der Waals surface area contributed by atoms with Crippen LogP contribution in [0.5, 0.6) is 5.88 Å². The zero-order chi connectivity index (χ0) is 23.0. The summed E-state index contributed by atoms with van der Waals surface area (Å²) in [5.74, 6) is -0.0409.